The normalized spacial score (nSPS) is 19.9. The van der Waals surface area contributed by atoms with Crippen molar-refractivity contribution < 1.29 is 9.53 Å². The van der Waals surface area contributed by atoms with E-state index in [0.717, 1.165) is 38.2 Å². The summed E-state index contributed by atoms with van der Waals surface area (Å²) in [6, 6.07) is 1.93. The maximum atomic E-state index is 11.7. The van der Waals surface area contributed by atoms with E-state index in [1.807, 2.05) is 18.4 Å². The summed E-state index contributed by atoms with van der Waals surface area (Å²) in [5.41, 5.74) is 0.783. The van der Waals surface area contributed by atoms with Gasteiger partial charge in [0.15, 0.2) is 0 Å². The highest BCUT2D eigenvalue weighted by Gasteiger charge is 2.15. The Bertz CT molecular complexity index is 356. The molecule has 1 aliphatic rings. The fourth-order valence-corrected chi connectivity index (χ4v) is 2.55. The van der Waals surface area contributed by atoms with Crippen LogP contribution >= 0.6 is 11.3 Å². The molecule has 1 atom stereocenters. The van der Waals surface area contributed by atoms with Crippen LogP contribution in [0.4, 0.5) is 0 Å². The van der Waals surface area contributed by atoms with Gasteiger partial charge in [-0.2, -0.15) is 0 Å². The quantitative estimate of drug-likeness (QED) is 0.875. The largest absolute Gasteiger partial charge is 0.381 e. The third-order valence-corrected chi connectivity index (χ3v) is 3.72. The molecule has 3 nitrogen and oxygen atoms in total. The lowest BCUT2D eigenvalue weighted by Crippen LogP contribution is -2.25. The highest BCUT2D eigenvalue weighted by atomic mass is 32.1. The van der Waals surface area contributed by atoms with Gasteiger partial charge in [0, 0.05) is 30.0 Å². The first-order chi connectivity index (χ1) is 7.75. The van der Waals surface area contributed by atoms with Gasteiger partial charge in [0.2, 0.25) is 0 Å². The Morgan fingerprint density at radius 3 is 3.19 bits per heavy atom. The molecule has 2 rings (SSSR count). The molecule has 1 amide bonds. The van der Waals surface area contributed by atoms with Crippen molar-refractivity contribution in [3.05, 3.63) is 21.9 Å². The van der Waals surface area contributed by atoms with E-state index >= 15 is 0 Å². The van der Waals surface area contributed by atoms with Gasteiger partial charge in [-0.25, -0.2) is 0 Å². The van der Waals surface area contributed by atoms with Crippen LogP contribution in [0.25, 0.3) is 0 Å². The van der Waals surface area contributed by atoms with Crippen LogP contribution in [0.3, 0.4) is 0 Å². The van der Waals surface area contributed by atoms with Gasteiger partial charge in [0.1, 0.15) is 0 Å². The molecule has 0 aromatic carbocycles. The summed E-state index contributed by atoms with van der Waals surface area (Å²) in [7, 11) is 0. The summed E-state index contributed by atoms with van der Waals surface area (Å²) < 4.78 is 5.29. The molecule has 0 saturated carbocycles. The second kappa shape index (κ2) is 5.46. The Hall–Kier alpha value is -0.870. The van der Waals surface area contributed by atoms with Crippen LogP contribution in [0.1, 0.15) is 28.1 Å². The minimum absolute atomic E-state index is 0.0447. The molecule has 1 fully saturated rings. The Balaban J connectivity index is 1.71. The number of thiophene rings is 1. The van der Waals surface area contributed by atoms with Crippen molar-refractivity contribution in [1.29, 1.82) is 0 Å². The van der Waals surface area contributed by atoms with Crippen molar-refractivity contribution >= 4 is 17.2 Å². The molecule has 2 heterocycles. The minimum atomic E-state index is 0.0447. The molecule has 1 saturated heterocycles. The number of ether oxygens (including phenoxy) is 1. The van der Waals surface area contributed by atoms with Gasteiger partial charge < -0.3 is 10.1 Å². The summed E-state index contributed by atoms with van der Waals surface area (Å²) >= 11 is 1.61. The first-order valence-corrected chi connectivity index (χ1v) is 6.55. The number of hydrogen-bond donors (Lipinski definition) is 1. The second-order valence-electron chi connectivity index (χ2n) is 4.22. The number of nitrogens with one attached hydrogen (secondary N) is 1. The van der Waals surface area contributed by atoms with Crippen molar-refractivity contribution in [3.63, 3.8) is 0 Å². The molecule has 0 bridgehead atoms. The van der Waals surface area contributed by atoms with E-state index in [4.69, 9.17) is 4.74 Å². The molecular weight excluding hydrogens is 222 g/mol. The maximum absolute atomic E-state index is 11.7. The second-order valence-corrected chi connectivity index (χ2v) is 5.34. The first-order valence-electron chi connectivity index (χ1n) is 5.67. The Kier molecular flexibility index (Phi) is 3.96. The van der Waals surface area contributed by atoms with Gasteiger partial charge in [-0.05, 0) is 31.7 Å². The number of aryl methyl sites for hydroxylation is 1. The van der Waals surface area contributed by atoms with E-state index < -0.39 is 0 Å². The summed E-state index contributed by atoms with van der Waals surface area (Å²) in [6.45, 7) is 4.49. The predicted molar refractivity (Wildman–Crippen MR) is 64.9 cm³/mol. The molecule has 1 aliphatic heterocycles. The van der Waals surface area contributed by atoms with Crippen LogP contribution in [-0.2, 0) is 4.74 Å². The van der Waals surface area contributed by atoms with Gasteiger partial charge >= 0.3 is 0 Å². The van der Waals surface area contributed by atoms with Gasteiger partial charge in [-0.15, -0.1) is 11.3 Å². The summed E-state index contributed by atoms with van der Waals surface area (Å²) in [5, 5.41) is 4.86. The topological polar surface area (TPSA) is 38.3 Å². The lowest BCUT2D eigenvalue weighted by Gasteiger charge is -2.07. The average molecular weight is 239 g/mol. The van der Waals surface area contributed by atoms with E-state index in [1.165, 1.54) is 4.88 Å². The van der Waals surface area contributed by atoms with Crippen LogP contribution < -0.4 is 5.32 Å². The zero-order valence-corrected chi connectivity index (χ0v) is 10.3. The van der Waals surface area contributed by atoms with Crippen LogP contribution in [-0.4, -0.2) is 25.7 Å². The van der Waals surface area contributed by atoms with Gasteiger partial charge in [0.05, 0.1) is 5.56 Å². The van der Waals surface area contributed by atoms with Crippen LogP contribution in [0.5, 0.6) is 0 Å². The fourth-order valence-electron chi connectivity index (χ4n) is 1.87. The molecule has 16 heavy (non-hydrogen) atoms. The van der Waals surface area contributed by atoms with Crippen molar-refractivity contribution in [2.24, 2.45) is 5.92 Å². The summed E-state index contributed by atoms with van der Waals surface area (Å²) in [5.74, 6) is 0.674. The van der Waals surface area contributed by atoms with E-state index in [0.29, 0.717) is 5.92 Å². The molecule has 0 spiro atoms. The van der Waals surface area contributed by atoms with E-state index in [2.05, 4.69) is 5.32 Å². The number of carbonyl (C=O) groups is 1. The molecular formula is C12H17NO2S. The lowest BCUT2D eigenvalue weighted by atomic mass is 10.1. The van der Waals surface area contributed by atoms with E-state index in [-0.39, 0.29) is 5.91 Å². The Labute approximate surface area is 99.8 Å². The SMILES string of the molecule is Cc1cc(C(=O)NCC[C@H]2CCOC2)cs1. The van der Waals surface area contributed by atoms with Crippen molar-refractivity contribution in [2.75, 3.05) is 19.8 Å². The fraction of sp³-hybridized carbons (Fsp3) is 0.583. The van der Waals surface area contributed by atoms with E-state index in [9.17, 15) is 4.79 Å². The molecule has 4 heteroatoms. The molecule has 1 N–H and O–H groups in total. The zero-order valence-electron chi connectivity index (χ0n) is 9.49. The van der Waals surface area contributed by atoms with Crippen molar-refractivity contribution in [2.45, 2.75) is 19.8 Å². The maximum Gasteiger partial charge on any atom is 0.252 e. The smallest absolute Gasteiger partial charge is 0.252 e. The predicted octanol–water partition coefficient (Wildman–Crippen LogP) is 2.21. The highest BCUT2D eigenvalue weighted by Crippen LogP contribution is 2.16. The zero-order chi connectivity index (χ0) is 11.4. The number of amides is 1. The molecule has 1 aromatic heterocycles. The van der Waals surface area contributed by atoms with Gasteiger partial charge in [0.25, 0.3) is 5.91 Å². The Morgan fingerprint density at radius 1 is 1.69 bits per heavy atom. The molecule has 1 aromatic rings. The standard InChI is InChI=1S/C12H17NO2S/c1-9-6-11(8-16-9)12(14)13-4-2-10-3-5-15-7-10/h6,8,10H,2-5,7H2,1H3,(H,13,14)/t10-/m0/s1. The van der Waals surface area contributed by atoms with Crippen LogP contribution in [0.2, 0.25) is 0 Å². The third-order valence-electron chi connectivity index (χ3n) is 2.85. The monoisotopic (exact) mass is 239 g/mol. The molecule has 88 valence electrons. The lowest BCUT2D eigenvalue weighted by molar-refractivity contribution is 0.0951. The van der Waals surface area contributed by atoms with Crippen LogP contribution in [0.15, 0.2) is 11.4 Å². The van der Waals surface area contributed by atoms with Gasteiger partial charge in [-0.3, -0.25) is 4.79 Å². The van der Waals surface area contributed by atoms with Crippen molar-refractivity contribution in [3.8, 4) is 0 Å². The third kappa shape index (κ3) is 3.06. The molecule has 0 aliphatic carbocycles. The summed E-state index contributed by atoms with van der Waals surface area (Å²) in [6.07, 6.45) is 2.16. The van der Waals surface area contributed by atoms with E-state index in [1.54, 1.807) is 11.3 Å². The number of carbonyl (C=O) groups excluding carboxylic acids is 1. The Morgan fingerprint density at radius 2 is 2.56 bits per heavy atom. The highest BCUT2D eigenvalue weighted by molar-refractivity contribution is 7.10. The number of rotatable bonds is 4. The molecule has 0 radical (unpaired) electrons. The molecule has 0 unspecified atom stereocenters. The van der Waals surface area contributed by atoms with Crippen LogP contribution in [0, 0.1) is 12.8 Å². The number of hydrogen-bond acceptors (Lipinski definition) is 3. The first kappa shape index (κ1) is 11.6. The summed E-state index contributed by atoms with van der Waals surface area (Å²) in [4.78, 5) is 12.9. The van der Waals surface area contributed by atoms with Crippen molar-refractivity contribution in [1.82, 2.24) is 5.32 Å². The average Bonchev–Trinajstić information content (AvgIpc) is 2.89. The van der Waals surface area contributed by atoms with Gasteiger partial charge in [-0.1, -0.05) is 0 Å². The minimum Gasteiger partial charge on any atom is -0.381 e.